The SMILES string of the molecule is c1ccc(-c2nc(C3COCCN3)no2)cc1. The molecule has 2 heterocycles. The first-order valence-electron chi connectivity index (χ1n) is 5.63. The van der Waals surface area contributed by atoms with Gasteiger partial charge >= 0.3 is 0 Å². The molecule has 1 saturated heterocycles. The molecule has 5 heteroatoms. The predicted molar refractivity (Wildman–Crippen MR) is 61.3 cm³/mol. The highest BCUT2D eigenvalue weighted by atomic mass is 16.5. The van der Waals surface area contributed by atoms with Crippen LogP contribution in [0.1, 0.15) is 11.9 Å². The van der Waals surface area contributed by atoms with Crippen molar-refractivity contribution >= 4 is 0 Å². The number of morpholine rings is 1. The highest BCUT2D eigenvalue weighted by molar-refractivity contribution is 5.52. The molecule has 1 aromatic carbocycles. The molecule has 1 fully saturated rings. The number of ether oxygens (including phenoxy) is 1. The molecule has 0 spiro atoms. The van der Waals surface area contributed by atoms with E-state index in [-0.39, 0.29) is 6.04 Å². The van der Waals surface area contributed by atoms with Gasteiger partial charge in [-0.05, 0) is 12.1 Å². The zero-order chi connectivity index (χ0) is 11.5. The van der Waals surface area contributed by atoms with Crippen molar-refractivity contribution in [2.24, 2.45) is 0 Å². The first-order valence-corrected chi connectivity index (χ1v) is 5.63. The standard InChI is InChI=1S/C12H13N3O2/c1-2-4-9(5-3-1)12-14-11(15-17-12)10-8-16-7-6-13-10/h1-5,10,13H,6-8H2. The summed E-state index contributed by atoms with van der Waals surface area (Å²) in [5.41, 5.74) is 0.933. The van der Waals surface area contributed by atoms with Crippen molar-refractivity contribution in [1.29, 1.82) is 0 Å². The van der Waals surface area contributed by atoms with Gasteiger partial charge in [0.05, 0.1) is 19.3 Å². The Morgan fingerprint density at radius 1 is 1.24 bits per heavy atom. The maximum Gasteiger partial charge on any atom is 0.257 e. The molecule has 0 bridgehead atoms. The smallest absolute Gasteiger partial charge is 0.257 e. The van der Waals surface area contributed by atoms with Gasteiger partial charge in [-0.2, -0.15) is 4.98 Å². The Morgan fingerprint density at radius 2 is 2.12 bits per heavy atom. The van der Waals surface area contributed by atoms with Crippen molar-refractivity contribution in [3.05, 3.63) is 36.2 Å². The van der Waals surface area contributed by atoms with Crippen LogP contribution in [0.3, 0.4) is 0 Å². The van der Waals surface area contributed by atoms with E-state index < -0.39 is 0 Å². The second-order valence-corrected chi connectivity index (χ2v) is 3.91. The molecule has 1 unspecified atom stereocenters. The molecule has 0 aliphatic carbocycles. The Morgan fingerprint density at radius 3 is 2.88 bits per heavy atom. The van der Waals surface area contributed by atoms with Gasteiger partial charge in [-0.15, -0.1) is 0 Å². The molecule has 1 atom stereocenters. The number of rotatable bonds is 2. The van der Waals surface area contributed by atoms with Crippen LogP contribution >= 0.6 is 0 Å². The topological polar surface area (TPSA) is 60.2 Å². The zero-order valence-corrected chi connectivity index (χ0v) is 9.30. The van der Waals surface area contributed by atoms with E-state index in [1.807, 2.05) is 30.3 Å². The van der Waals surface area contributed by atoms with Crippen LogP contribution in [0.25, 0.3) is 11.5 Å². The molecule has 3 rings (SSSR count). The first-order chi connectivity index (χ1) is 8.43. The molecule has 1 aliphatic rings. The molecule has 0 amide bonds. The average Bonchev–Trinajstić information content (AvgIpc) is 2.90. The van der Waals surface area contributed by atoms with Crippen LogP contribution in [0, 0.1) is 0 Å². The van der Waals surface area contributed by atoms with Gasteiger partial charge in [-0.3, -0.25) is 0 Å². The summed E-state index contributed by atoms with van der Waals surface area (Å²) in [7, 11) is 0. The minimum Gasteiger partial charge on any atom is -0.378 e. The van der Waals surface area contributed by atoms with E-state index in [0.717, 1.165) is 18.7 Å². The summed E-state index contributed by atoms with van der Waals surface area (Å²) in [4.78, 5) is 4.38. The van der Waals surface area contributed by atoms with Crippen LogP contribution in [0.4, 0.5) is 0 Å². The van der Waals surface area contributed by atoms with Crippen molar-refractivity contribution in [2.75, 3.05) is 19.8 Å². The third kappa shape index (κ3) is 2.20. The summed E-state index contributed by atoms with van der Waals surface area (Å²) >= 11 is 0. The number of benzene rings is 1. The fraction of sp³-hybridized carbons (Fsp3) is 0.333. The van der Waals surface area contributed by atoms with Gasteiger partial charge in [-0.25, -0.2) is 0 Å². The normalized spacial score (nSPS) is 20.4. The quantitative estimate of drug-likeness (QED) is 0.846. The molecular formula is C12H13N3O2. The molecule has 88 valence electrons. The van der Waals surface area contributed by atoms with Crippen LogP contribution in [0.2, 0.25) is 0 Å². The summed E-state index contributed by atoms with van der Waals surface area (Å²) in [6, 6.07) is 9.77. The zero-order valence-electron chi connectivity index (χ0n) is 9.30. The molecule has 1 aliphatic heterocycles. The van der Waals surface area contributed by atoms with Gasteiger partial charge in [0.2, 0.25) is 0 Å². The van der Waals surface area contributed by atoms with E-state index in [4.69, 9.17) is 9.26 Å². The van der Waals surface area contributed by atoms with Crippen molar-refractivity contribution in [3.63, 3.8) is 0 Å². The van der Waals surface area contributed by atoms with Gasteiger partial charge in [0.25, 0.3) is 5.89 Å². The van der Waals surface area contributed by atoms with Crippen molar-refractivity contribution < 1.29 is 9.26 Å². The summed E-state index contributed by atoms with van der Waals surface area (Å²) in [5.74, 6) is 1.21. The van der Waals surface area contributed by atoms with E-state index in [2.05, 4.69) is 15.5 Å². The van der Waals surface area contributed by atoms with Crippen LogP contribution in [0.15, 0.2) is 34.9 Å². The largest absolute Gasteiger partial charge is 0.378 e. The molecule has 1 N–H and O–H groups in total. The molecule has 2 aromatic rings. The fourth-order valence-corrected chi connectivity index (χ4v) is 1.81. The van der Waals surface area contributed by atoms with Crippen molar-refractivity contribution in [1.82, 2.24) is 15.5 Å². The summed E-state index contributed by atoms with van der Waals surface area (Å²) < 4.78 is 10.6. The number of nitrogens with zero attached hydrogens (tertiary/aromatic N) is 2. The van der Waals surface area contributed by atoms with E-state index in [1.165, 1.54) is 0 Å². The van der Waals surface area contributed by atoms with Crippen molar-refractivity contribution in [2.45, 2.75) is 6.04 Å². The van der Waals surface area contributed by atoms with Gasteiger partial charge in [0, 0.05) is 12.1 Å². The number of hydrogen-bond donors (Lipinski definition) is 1. The van der Waals surface area contributed by atoms with Gasteiger partial charge in [0.1, 0.15) is 0 Å². The van der Waals surface area contributed by atoms with Crippen LogP contribution in [0.5, 0.6) is 0 Å². The van der Waals surface area contributed by atoms with Crippen LogP contribution in [-0.4, -0.2) is 29.9 Å². The Kier molecular flexibility index (Phi) is 2.85. The number of hydrogen-bond acceptors (Lipinski definition) is 5. The monoisotopic (exact) mass is 231 g/mol. The Bertz CT molecular complexity index is 478. The maximum atomic E-state index is 5.37. The molecule has 17 heavy (non-hydrogen) atoms. The van der Waals surface area contributed by atoms with E-state index in [0.29, 0.717) is 18.3 Å². The van der Waals surface area contributed by atoms with Crippen molar-refractivity contribution in [3.8, 4) is 11.5 Å². The lowest BCUT2D eigenvalue weighted by atomic mass is 10.2. The highest BCUT2D eigenvalue weighted by Crippen LogP contribution is 2.19. The third-order valence-electron chi connectivity index (χ3n) is 2.70. The molecular weight excluding hydrogens is 218 g/mol. The fourth-order valence-electron chi connectivity index (χ4n) is 1.81. The van der Waals surface area contributed by atoms with Gasteiger partial charge < -0.3 is 14.6 Å². The number of nitrogens with one attached hydrogen (secondary N) is 1. The van der Waals surface area contributed by atoms with E-state index in [9.17, 15) is 0 Å². The maximum absolute atomic E-state index is 5.37. The van der Waals surface area contributed by atoms with Crippen LogP contribution < -0.4 is 5.32 Å². The first kappa shape index (κ1) is 10.4. The third-order valence-corrected chi connectivity index (χ3v) is 2.70. The average molecular weight is 231 g/mol. The lowest BCUT2D eigenvalue weighted by Gasteiger charge is -2.20. The van der Waals surface area contributed by atoms with Crippen LogP contribution in [-0.2, 0) is 4.74 Å². The molecule has 0 radical (unpaired) electrons. The van der Waals surface area contributed by atoms with Gasteiger partial charge in [0.15, 0.2) is 5.82 Å². The second-order valence-electron chi connectivity index (χ2n) is 3.91. The highest BCUT2D eigenvalue weighted by Gasteiger charge is 2.21. The van der Waals surface area contributed by atoms with E-state index >= 15 is 0 Å². The summed E-state index contributed by atoms with van der Waals surface area (Å²) in [5, 5.41) is 7.28. The Balaban J connectivity index is 1.83. The second kappa shape index (κ2) is 4.65. The van der Waals surface area contributed by atoms with E-state index in [1.54, 1.807) is 0 Å². The predicted octanol–water partition coefficient (Wildman–Crippen LogP) is 1.40. The lowest BCUT2D eigenvalue weighted by molar-refractivity contribution is 0.0734. The van der Waals surface area contributed by atoms with Gasteiger partial charge in [-0.1, -0.05) is 23.4 Å². The Hall–Kier alpha value is -1.72. The molecule has 5 nitrogen and oxygen atoms in total. The lowest BCUT2D eigenvalue weighted by Crippen LogP contribution is -2.35. The molecule has 0 saturated carbocycles. The molecule has 1 aromatic heterocycles. The minimum absolute atomic E-state index is 0.0324. The summed E-state index contributed by atoms with van der Waals surface area (Å²) in [6.07, 6.45) is 0. The minimum atomic E-state index is 0.0324. The summed E-state index contributed by atoms with van der Waals surface area (Å²) in [6.45, 7) is 2.15. The number of aromatic nitrogens is 2. The Labute approximate surface area is 98.8 Å².